The molecule has 1 unspecified atom stereocenters. The van der Waals surface area contributed by atoms with Crippen LogP contribution in [0, 0.1) is 0 Å². The third kappa shape index (κ3) is 3.11. The van der Waals surface area contributed by atoms with Crippen LogP contribution in [0.25, 0.3) is 33.6 Å². The molecule has 0 spiro atoms. The zero-order valence-electron chi connectivity index (χ0n) is 14.7. The van der Waals surface area contributed by atoms with Crippen molar-refractivity contribution < 1.29 is 9.15 Å². The number of rotatable bonds is 5. The molecule has 136 valence electrons. The van der Waals surface area contributed by atoms with E-state index in [1.54, 1.807) is 17.7 Å². The van der Waals surface area contributed by atoms with Crippen molar-refractivity contribution in [3.05, 3.63) is 53.5 Å². The molecule has 1 atom stereocenters. The molecule has 6 heteroatoms. The number of hydrogen-bond donors (Lipinski definition) is 1. The summed E-state index contributed by atoms with van der Waals surface area (Å²) in [5.41, 5.74) is 3.78. The van der Waals surface area contributed by atoms with Gasteiger partial charge in [0.2, 0.25) is 5.71 Å². The van der Waals surface area contributed by atoms with Gasteiger partial charge >= 0.3 is 0 Å². The Bertz CT molecular complexity index is 1040. The van der Waals surface area contributed by atoms with Crippen LogP contribution in [-0.4, -0.2) is 29.2 Å². The Kier molecular flexibility index (Phi) is 4.35. The summed E-state index contributed by atoms with van der Waals surface area (Å²) in [5.74, 6) is 1.62. The van der Waals surface area contributed by atoms with Gasteiger partial charge in [-0.15, -0.1) is 0 Å². The molecule has 1 saturated heterocycles. The van der Waals surface area contributed by atoms with Gasteiger partial charge < -0.3 is 14.5 Å². The van der Waals surface area contributed by atoms with E-state index in [0.717, 1.165) is 59.6 Å². The van der Waals surface area contributed by atoms with Crippen molar-refractivity contribution in [3.8, 4) is 22.5 Å². The van der Waals surface area contributed by atoms with Gasteiger partial charge in [-0.1, -0.05) is 30.3 Å². The van der Waals surface area contributed by atoms with Crippen molar-refractivity contribution in [2.24, 2.45) is 0 Å². The van der Waals surface area contributed by atoms with Gasteiger partial charge in [-0.3, -0.25) is 0 Å². The Labute approximate surface area is 161 Å². The number of benzene rings is 1. The molecule has 4 aromatic rings. The summed E-state index contributed by atoms with van der Waals surface area (Å²) in [7, 11) is 0. The first kappa shape index (κ1) is 16.5. The molecule has 27 heavy (non-hydrogen) atoms. The number of nitrogens with one attached hydrogen (secondary N) is 1. The lowest BCUT2D eigenvalue weighted by molar-refractivity contribution is 0.120. The van der Waals surface area contributed by atoms with Crippen LogP contribution in [0.15, 0.2) is 57.9 Å². The second kappa shape index (κ2) is 7.13. The minimum absolute atomic E-state index is 0.236. The van der Waals surface area contributed by atoms with Gasteiger partial charge in [0.25, 0.3) is 0 Å². The summed E-state index contributed by atoms with van der Waals surface area (Å²) in [4.78, 5) is 8.90. The summed E-state index contributed by atoms with van der Waals surface area (Å²) in [6.07, 6.45) is 3.99. The summed E-state index contributed by atoms with van der Waals surface area (Å²) in [6, 6.07) is 12.3. The van der Waals surface area contributed by atoms with E-state index in [4.69, 9.17) is 9.15 Å². The van der Waals surface area contributed by atoms with Gasteiger partial charge in [0, 0.05) is 24.3 Å². The molecule has 1 aliphatic rings. The van der Waals surface area contributed by atoms with Gasteiger partial charge in [0.05, 0.1) is 11.5 Å². The van der Waals surface area contributed by atoms with Crippen LogP contribution in [0.2, 0.25) is 0 Å². The summed E-state index contributed by atoms with van der Waals surface area (Å²) < 4.78 is 11.9. The molecule has 4 heterocycles. The smallest absolute Gasteiger partial charge is 0.232 e. The normalized spacial score (nSPS) is 16.8. The number of thiophene rings is 1. The van der Waals surface area contributed by atoms with Gasteiger partial charge in [0.1, 0.15) is 17.9 Å². The zero-order chi connectivity index (χ0) is 18.1. The summed E-state index contributed by atoms with van der Waals surface area (Å²) in [5, 5.41) is 8.60. The van der Waals surface area contributed by atoms with Gasteiger partial charge in [-0.05, 0) is 35.2 Å². The van der Waals surface area contributed by atoms with E-state index in [-0.39, 0.29) is 6.10 Å². The van der Waals surface area contributed by atoms with E-state index < -0.39 is 0 Å². The molecule has 0 amide bonds. The average molecular weight is 377 g/mol. The van der Waals surface area contributed by atoms with Crippen LogP contribution >= 0.6 is 11.3 Å². The van der Waals surface area contributed by atoms with E-state index in [2.05, 4.69) is 44.2 Å². The Hall–Kier alpha value is -2.70. The number of hydrogen-bond acceptors (Lipinski definition) is 6. The molecule has 1 fully saturated rings. The highest BCUT2D eigenvalue weighted by molar-refractivity contribution is 7.08. The number of nitrogens with zero attached hydrogens (tertiary/aromatic N) is 2. The lowest BCUT2D eigenvalue weighted by atomic mass is 10.0. The fourth-order valence-corrected chi connectivity index (χ4v) is 4.20. The Morgan fingerprint density at radius 1 is 1.11 bits per heavy atom. The predicted octanol–water partition coefficient (Wildman–Crippen LogP) is 5.21. The fourth-order valence-electron chi connectivity index (χ4n) is 3.56. The maximum atomic E-state index is 6.20. The molecule has 5 nitrogen and oxygen atoms in total. The lowest BCUT2D eigenvalue weighted by Gasteiger charge is -2.12. The number of furan rings is 1. The minimum Gasteiger partial charge on any atom is -0.437 e. The standard InChI is InChI=1S/C21H19N3O2S/c1-2-5-14(6-3-1)19-17(15-8-10-27-12-15)18-20(23-13-24-21(18)26-19)22-11-16-7-4-9-25-16/h1-3,5-6,8,10,12-13,16H,4,7,9,11H2,(H,22,23,24). The molecule has 5 rings (SSSR count). The van der Waals surface area contributed by atoms with Crippen LogP contribution in [0.4, 0.5) is 5.82 Å². The molecule has 3 aromatic heterocycles. The first-order valence-electron chi connectivity index (χ1n) is 9.11. The molecule has 1 aromatic carbocycles. The van der Waals surface area contributed by atoms with E-state index >= 15 is 0 Å². The van der Waals surface area contributed by atoms with E-state index in [9.17, 15) is 0 Å². The first-order valence-corrected chi connectivity index (χ1v) is 10.1. The van der Waals surface area contributed by atoms with Crippen LogP contribution in [0.5, 0.6) is 0 Å². The third-order valence-corrected chi connectivity index (χ3v) is 5.54. The Balaban J connectivity index is 1.65. The lowest BCUT2D eigenvalue weighted by Crippen LogP contribution is -2.19. The first-order chi connectivity index (χ1) is 13.4. The van der Waals surface area contributed by atoms with Crippen LogP contribution in [0.1, 0.15) is 12.8 Å². The van der Waals surface area contributed by atoms with Gasteiger partial charge in [0.15, 0.2) is 0 Å². The molecule has 0 aliphatic carbocycles. The number of fused-ring (bicyclic) bond motifs is 1. The number of anilines is 1. The SMILES string of the molecule is c1ccc(-c2oc3ncnc(NCC4CCCO4)c3c2-c2ccsc2)cc1. The highest BCUT2D eigenvalue weighted by atomic mass is 32.1. The molecule has 0 saturated carbocycles. The maximum absolute atomic E-state index is 6.20. The zero-order valence-corrected chi connectivity index (χ0v) is 15.5. The number of ether oxygens (including phenoxy) is 1. The van der Waals surface area contributed by atoms with E-state index in [0.29, 0.717) is 5.71 Å². The Morgan fingerprint density at radius 3 is 2.81 bits per heavy atom. The van der Waals surface area contributed by atoms with Gasteiger partial charge in [-0.25, -0.2) is 9.97 Å². The quantitative estimate of drug-likeness (QED) is 0.517. The van der Waals surface area contributed by atoms with Crippen LogP contribution in [0.3, 0.4) is 0 Å². The summed E-state index contributed by atoms with van der Waals surface area (Å²) >= 11 is 1.67. The van der Waals surface area contributed by atoms with Crippen molar-refractivity contribution >= 4 is 28.3 Å². The highest BCUT2D eigenvalue weighted by Gasteiger charge is 2.23. The Morgan fingerprint density at radius 2 is 2.04 bits per heavy atom. The average Bonchev–Trinajstić information content (AvgIpc) is 3.47. The molecular weight excluding hydrogens is 358 g/mol. The third-order valence-electron chi connectivity index (χ3n) is 4.86. The predicted molar refractivity (Wildman–Crippen MR) is 108 cm³/mol. The molecular formula is C21H19N3O2S. The largest absolute Gasteiger partial charge is 0.437 e. The van der Waals surface area contributed by atoms with Crippen molar-refractivity contribution in [2.75, 3.05) is 18.5 Å². The molecule has 0 radical (unpaired) electrons. The topological polar surface area (TPSA) is 60.2 Å². The second-order valence-corrected chi connectivity index (χ2v) is 7.38. The van der Waals surface area contributed by atoms with Crippen molar-refractivity contribution in [1.29, 1.82) is 0 Å². The van der Waals surface area contributed by atoms with Crippen molar-refractivity contribution in [1.82, 2.24) is 9.97 Å². The minimum atomic E-state index is 0.236. The van der Waals surface area contributed by atoms with Crippen molar-refractivity contribution in [3.63, 3.8) is 0 Å². The van der Waals surface area contributed by atoms with Crippen LogP contribution < -0.4 is 5.32 Å². The van der Waals surface area contributed by atoms with E-state index in [1.807, 2.05) is 18.2 Å². The van der Waals surface area contributed by atoms with Crippen LogP contribution in [-0.2, 0) is 4.74 Å². The van der Waals surface area contributed by atoms with Gasteiger partial charge in [-0.2, -0.15) is 11.3 Å². The monoisotopic (exact) mass is 377 g/mol. The second-order valence-electron chi connectivity index (χ2n) is 6.60. The molecule has 0 bridgehead atoms. The molecule has 1 N–H and O–H groups in total. The number of aromatic nitrogens is 2. The highest BCUT2D eigenvalue weighted by Crippen LogP contribution is 2.43. The summed E-state index contributed by atoms with van der Waals surface area (Å²) in [6.45, 7) is 1.58. The van der Waals surface area contributed by atoms with E-state index in [1.165, 1.54) is 0 Å². The van der Waals surface area contributed by atoms with Crippen molar-refractivity contribution in [2.45, 2.75) is 18.9 Å². The fraction of sp³-hybridized carbons (Fsp3) is 0.238. The molecule has 1 aliphatic heterocycles. The maximum Gasteiger partial charge on any atom is 0.232 e.